The van der Waals surface area contributed by atoms with E-state index in [0.29, 0.717) is 4.90 Å². The largest absolute Gasteiger partial charge is 0.357 e. The van der Waals surface area contributed by atoms with Crippen molar-refractivity contribution in [1.82, 2.24) is 10.2 Å². The minimum Gasteiger partial charge on any atom is -0.357 e. The van der Waals surface area contributed by atoms with Crippen molar-refractivity contribution in [1.29, 1.82) is 0 Å². The van der Waals surface area contributed by atoms with E-state index in [1.54, 1.807) is 24.3 Å². The number of benzene rings is 1. The summed E-state index contributed by atoms with van der Waals surface area (Å²) in [5, 5.41) is 3.23. The van der Waals surface area contributed by atoms with Gasteiger partial charge in [0.25, 0.3) is 0 Å². The molecule has 1 fully saturated rings. The first kappa shape index (κ1) is 15.8. The van der Waals surface area contributed by atoms with Crippen LogP contribution in [0.25, 0.3) is 0 Å². The van der Waals surface area contributed by atoms with E-state index in [0.717, 1.165) is 25.6 Å². The van der Waals surface area contributed by atoms with E-state index < -0.39 is 9.84 Å². The Kier molecular flexibility index (Phi) is 5.61. The highest BCUT2D eigenvalue weighted by molar-refractivity contribution is 7.91. The summed E-state index contributed by atoms with van der Waals surface area (Å²) in [5.74, 6) is 0.873. The first-order valence-electron chi connectivity index (χ1n) is 7.44. The third kappa shape index (κ3) is 4.46. The molecular formula is C15H23N3O2S. The molecule has 2 rings (SSSR count). The van der Waals surface area contributed by atoms with Crippen molar-refractivity contribution >= 4 is 15.8 Å². The average molecular weight is 309 g/mol. The number of aliphatic imine (C=N–C) groups is 1. The van der Waals surface area contributed by atoms with Crippen molar-refractivity contribution in [3.8, 4) is 0 Å². The highest BCUT2D eigenvalue weighted by atomic mass is 32.2. The van der Waals surface area contributed by atoms with Crippen molar-refractivity contribution in [2.45, 2.75) is 24.7 Å². The van der Waals surface area contributed by atoms with Crippen molar-refractivity contribution in [3.05, 3.63) is 30.3 Å². The molecule has 0 unspecified atom stereocenters. The Morgan fingerprint density at radius 3 is 2.52 bits per heavy atom. The molecule has 0 aromatic heterocycles. The number of likely N-dealkylation sites (tertiary alicyclic amines) is 1. The van der Waals surface area contributed by atoms with E-state index in [1.807, 2.05) is 13.0 Å². The molecule has 1 aliphatic rings. The van der Waals surface area contributed by atoms with Gasteiger partial charge in [-0.2, -0.15) is 0 Å². The summed E-state index contributed by atoms with van der Waals surface area (Å²) in [5.41, 5.74) is 0. The maximum Gasteiger partial charge on any atom is 0.193 e. The Bertz CT molecular complexity index is 564. The van der Waals surface area contributed by atoms with Gasteiger partial charge < -0.3 is 10.2 Å². The second-order valence-corrected chi connectivity index (χ2v) is 7.17. The highest BCUT2D eigenvalue weighted by Crippen LogP contribution is 2.10. The Hall–Kier alpha value is -1.56. The molecule has 0 aliphatic carbocycles. The lowest BCUT2D eigenvalue weighted by Crippen LogP contribution is -2.39. The maximum atomic E-state index is 12.2. The van der Waals surface area contributed by atoms with Crippen LogP contribution in [0.5, 0.6) is 0 Å². The summed E-state index contributed by atoms with van der Waals surface area (Å²) in [7, 11) is -3.25. The fourth-order valence-corrected chi connectivity index (χ4v) is 3.51. The molecule has 6 heteroatoms. The zero-order chi connectivity index (χ0) is 15.1. The van der Waals surface area contributed by atoms with Crippen LogP contribution in [-0.2, 0) is 9.84 Å². The number of guanidine groups is 1. The molecule has 1 aromatic carbocycles. The van der Waals surface area contributed by atoms with E-state index >= 15 is 0 Å². The summed E-state index contributed by atoms with van der Waals surface area (Å²) < 4.78 is 24.4. The fraction of sp³-hybridized carbons (Fsp3) is 0.533. The molecule has 1 aliphatic heterocycles. The van der Waals surface area contributed by atoms with E-state index in [-0.39, 0.29) is 12.3 Å². The number of nitrogens with zero attached hydrogens (tertiary/aromatic N) is 2. The van der Waals surface area contributed by atoms with Crippen LogP contribution in [0.2, 0.25) is 0 Å². The van der Waals surface area contributed by atoms with E-state index in [4.69, 9.17) is 0 Å². The summed E-state index contributed by atoms with van der Waals surface area (Å²) in [4.78, 5) is 7.02. The molecular weight excluding hydrogens is 286 g/mol. The highest BCUT2D eigenvalue weighted by Gasteiger charge is 2.17. The molecule has 1 heterocycles. The van der Waals surface area contributed by atoms with Gasteiger partial charge in [-0.25, -0.2) is 8.42 Å². The molecule has 0 saturated carbocycles. The molecule has 1 aromatic rings. The lowest BCUT2D eigenvalue weighted by Gasteiger charge is -2.20. The van der Waals surface area contributed by atoms with Crippen molar-refractivity contribution in [2.75, 3.05) is 31.9 Å². The number of nitrogens with one attached hydrogen (secondary N) is 1. The topological polar surface area (TPSA) is 61.8 Å². The second-order valence-electron chi connectivity index (χ2n) is 5.06. The summed E-state index contributed by atoms with van der Waals surface area (Å²) in [6.07, 6.45) is 2.35. The molecule has 0 spiro atoms. The minimum atomic E-state index is -3.25. The number of hydrogen-bond acceptors (Lipinski definition) is 3. The molecule has 0 radical (unpaired) electrons. The van der Waals surface area contributed by atoms with E-state index in [2.05, 4.69) is 15.2 Å². The van der Waals surface area contributed by atoms with E-state index in [9.17, 15) is 8.42 Å². The minimum absolute atomic E-state index is 0.0414. The predicted molar refractivity (Wildman–Crippen MR) is 85.3 cm³/mol. The van der Waals surface area contributed by atoms with Gasteiger partial charge in [-0.3, -0.25) is 4.99 Å². The predicted octanol–water partition coefficient (Wildman–Crippen LogP) is 1.52. The SMILES string of the molecule is CCNC(=NCCS(=O)(=O)c1ccccc1)N1CCCC1. The third-order valence-corrected chi connectivity index (χ3v) is 5.17. The summed E-state index contributed by atoms with van der Waals surface area (Å²) >= 11 is 0. The Morgan fingerprint density at radius 1 is 1.24 bits per heavy atom. The summed E-state index contributed by atoms with van der Waals surface area (Å²) in [6, 6.07) is 8.55. The third-order valence-electron chi connectivity index (χ3n) is 3.46. The van der Waals surface area contributed by atoms with Crippen LogP contribution in [0.3, 0.4) is 0 Å². The van der Waals surface area contributed by atoms with Crippen LogP contribution in [0.4, 0.5) is 0 Å². The zero-order valence-corrected chi connectivity index (χ0v) is 13.3. The first-order valence-corrected chi connectivity index (χ1v) is 9.10. The van der Waals surface area contributed by atoms with Gasteiger partial charge in [0.1, 0.15) is 0 Å². The number of rotatable bonds is 5. The van der Waals surface area contributed by atoms with Crippen LogP contribution in [0, 0.1) is 0 Å². The van der Waals surface area contributed by atoms with Crippen LogP contribution in [-0.4, -0.2) is 51.2 Å². The Morgan fingerprint density at radius 2 is 1.90 bits per heavy atom. The summed E-state index contributed by atoms with van der Waals surface area (Å²) in [6.45, 7) is 5.09. The molecule has 116 valence electrons. The standard InChI is InChI=1S/C15H23N3O2S/c1-2-16-15(18-11-6-7-12-18)17-10-13-21(19,20)14-8-4-3-5-9-14/h3-5,8-9H,2,6-7,10-13H2,1H3,(H,16,17). The van der Waals surface area contributed by atoms with Crippen LogP contribution in [0.15, 0.2) is 40.2 Å². The van der Waals surface area contributed by atoms with Gasteiger partial charge in [-0.05, 0) is 31.9 Å². The van der Waals surface area contributed by atoms with Crippen molar-refractivity contribution in [2.24, 2.45) is 4.99 Å². The lowest BCUT2D eigenvalue weighted by atomic mass is 10.4. The monoisotopic (exact) mass is 309 g/mol. The number of hydrogen-bond donors (Lipinski definition) is 1. The van der Waals surface area contributed by atoms with Crippen molar-refractivity contribution < 1.29 is 8.42 Å². The zero-order valence-electron chi connectivity index (χ0n) is 12.5. The first-order chi connectivity index (χ1) is 10.1. The maximum absolute atomic E-state index is 12.2. The molecule has 21 heavy (non-hydrogen) atoms. The molecule has 5 nitrogen and oxygen atoms in total. The molecule has 1 saturated heterocycles. The van der Waals surface area contributed by atoms with Gasteiger partial charge in [-0.1, -0.05) is 18.2 Å². The molecule has 0 amide bonds. The lowest BCUT2D eigenvalue weighted by molar-refractivity contribution is 0.494. The second kappa shape index (κ2) is 7.45. The average Bonchev–Trinajstić information content (AvgIpc) is 3.01. The quantitative estimate of drug-likeness (QED) is 0.662. The van der Waals surface area contributed by atoms with E-state index in [1.165, 1.54) is 12.8 Å². The van der Waals surface area contributed by atoms with Gasteiger partial charge in [0, 0.05) is 19.6 Å². The van der Waals surface area contributed by atoms with Gasteiger partial charge in [-0.15, -0.1) is 0 Å². The van der Waals surface area contributed by atoms with Gasteiger partial charge in [0.05, 0.1) is 17.2 Å². The van der Waals surface area contributed by atoms with Crippen LogP contribution in [0.1, 0.15) is 19.8 Å². The Balaban J connectivity index is 1.98. The van der Waals surface area contributed by atoms with Crippen molar-refractivity contribution in [3.63, 3.8) is 0 Å². The molecule has 0 atom stereocenters. The van der Waals surface area contributed by atoms with Crippen LogP contribution >= 0.6 is 0 Å². The van der Waals surface area contributed by atoms with Gasteiger partial charge in [0.2, 0.25) is 0 Å². The van der Waals surface area contributed by atoms with Crippen LogP contribution < -0.4 is 5.32 Å². The fourth-order valence-electron chi connectivity index (χ4n) is 2.37. The van der Waals surface area contributed by atoms with Gasteiger partial charge >= 0.3 is 0 Å². The molecule has 1 N–H and O–H groups in total. The molecule has 0 bridgehead atoms. The number of sulfone groups is 1. The smallest absolute Gasteiger partial charge is 0.193 e. The van der Waals surface area contributed by atoms with Gasteiger partial charge in [0.15, 0.2) is 15.8 Å². The normalized spacial score (nSPS) is 16.2. The Labute approximate surface area is 127 Å².